The fourth-order valence-electron chi connectivity index (χ4n) is 1.98. The quantitative estimate of drug-likeness (QED) is 0.790. The van der Waals surface area contributed by atoms with Gasteiger partial charge in [-0.25, -0.2) is 0 Å². The van der Waals surface area contributed by atoms with E-state index >= 15 is 0 Å². The average molecular weight is 306 g/mol. The van der Waals surface area contributed by atoms with E-state index in [2.05, 4.69) is 42.2 Å². The number of nitrogens with zero attached hydrogens (tertiary/aromatic N) is 1. The molecule has 0 bridgehead atoms. The summed E-state index contributed by atoms with van der Waals surface area (Å²) < 4.78 is 0.0807. The van der Waals surface area contributed by atoms with Gasteiger partial charge in [-0.3, -0.25) is 9.78 Å². The van der Waals surface area contributed by atoms with Crippen LogP contribution in [0.1, 0.15) is 42.6 Å². The molecular formula is C16H22N2O2S. The van der Waals surface area contributed by atoms with Crippen LogP contribution < -0.4 is 5.32 Å². The molecule has 0 aliphatic carbocycles. The molecule has 0 fully saturated rings. The Labute approximate surface area is 130 Å². The third kappa shape index (κ3) is 5.07. The average Bonchev–Trinajstić information content (AvgIpc) is 2.54. The highest BCUT2D eigenvalue weighted by atomic mass is 32.2. The zero-order valence-electron chi connectivity index (χ0n) is 12.8. The second kappa shape index (κ2) is 8.71. The van der Waals surface area contributed by atoms with Gasteiger partial charge in [0.15, 0.2) is 0 Å². The lowest BCUT2D eigenvalue weighted by Crippen LogP contribution is -2.39. The minimum absolute atomic E-state index is 0.0807. The number of rotatable bonds is 6. The van der Waals surface area contributed by atoms with E-state index in [4.69, 9.17) is 5.11 Å². The van der Waals surface area contributed by atoms with Gasteiger partial charge in [-0.1, -0.05) is 25.7 Å². The maximum absolute atomic E-state index is 12.2. The van der Waals surface area contributed by atoms with Crippen molar-refractivity contribution in [2.45, 2.75) is 31.4 Å². The summed E-state index contributed by atoms with van der Waals surface area (Å²) in [6.07, 6.45) is 7.18. The fourth-order valence-corrected chi connectivity index (χ4v) is 2.77. The van der Waals surface area contributed by atoms with Gasteiger partial charge in [-0.15, -0.1) is 0 Å². The predicted octanol–water partition coefficient (Wildman–Crippen LogP) is 2.08. The summed E-state index contributed by atoms with van der Waals surface area (Å²) in [5.74, 6) is 5.15. The van der Waals surface area contributed by atoms with E-state index in [1.807, 2.05) is 0 Å². The van der Waals surface area contributed by atoms with Gasteiger partial charge >= 0.3 is 0 Å². The first kappa shape index (κ1) is 17.5. The molecule has 0 unspecified atom stereocenters. The second-order valence-electron chi connectivity index (χ2n) is 4.70. The Morgan fingerprint density at radius 1 is 1.43 bits per heavy atom. The third-order valence-corrected chi connectivity index (χ3v) is 5.19. The van der Waals surface area contributed by atoms with Crippen molar-refractivity contribution in [3.63, 3.8) is 0 Å². The van der Waals surface area contributed by atoms with Crippen molar-refractivity contribution in [1.29, 1.82) is 0 Å². The molecule has 0 radical (unpaired) electrons. The SMILES string of the molecule is CCC(CC)(CNC(=O)c1cncc(C#CCO)c1)SC. The Kier molecular flexibility index (Phi) is 7.27. The highest BCUT2D eigenvalue weighted by molar-refractivity contribution is 8.00. The predicted molar refractivity (Wildman–Crippen MR) is 87.4 cm³/mol. The molecule has 0 saturated carbocycles. The van der Waals surface area contributed by atoms with Gasteiger partial charge in [-0.05, 0) is 25.2 Å². The Morgan fingerprint density at radius 2 is 2.14 bits per heavy atom. The molecule has 1 aromatic rings. The topological polar surface area (TPSA) is 62.2 Å². The van der Waals surface area contributed by atoms with Gasteiger partial charge in [0.25, 0.3) is 5.91 Å². The van der Waals surface area contributed by atoms with Crippen molar-refractivity contribution in [3.8, 4) is 11.8 Å². The Morgan fingerprint density at radius 3 is 2.71 bits per heavy atom. The number of carbonyl (C=O) groups excluding carboxylic acids is 1. The van der Waals surface area contributed by atoms with Crippen molar-refractivity contribution in [2.75, 3.05) is 19.4 Å². The number of aromatic nitrogens is 1. The van der Waals surface area contributed by atoms with Crippen LogP contribution in [0.4, 0.5) is 0 Å². The van der Waals surface area contributed by atoms with Gasteiger partial charge in [0.1, 0.15) is 6.61 Å². The van der Waals surface area contributed by atoms with Crippen LogP contribution in [-0.4, -0.2) is 40.2 Å². The van der Waals surface area contributed by atoms with Crippen LogP contribution in [0, 0.1) is 11.8 Å². The molecule has 0 aliphatic rings. The summed E-state index contributed by atoms with van der Waals surface area (Å²) in [5.41, 5.74) is 1.11. The van der Waals surface area contributed by atoms with E-state index in [1.54, 1.807) is 24.0 Å². The first-order valence-electron chi connectivity index (χ1n) is 6.99. The number of nitrogens with one attached hydrogen (secondary N) is 1. The minimum atomic E-state index is -0.209. The lowest BCUT2D eigenvalue weighted by atomic mass is 10.0. The largest absolute Gasteiger partial charge is 0.384 e. The summed E-state index contributed by atoms with van der Waals surface area (Å²) in [6, 6.07) is 1.68. The molecule has 1 aromatic heterocycles. The van der Waals surface area contributed by atoms with Crippen molar-refractivity contribution in [1.82, 2.24) is 10.3 Å². The number of amides is 1. The number of hydrogen-bond acceptors (Lipinski definition) is 4. The van der Waals surface area contributed by atoms with Crippen LogP contribution >= 0.6 is 11.8 Å². The molecule has 5 heteroatoms. The Balaban J connectivity index is 2.76. The molecule has 4 nitrogen and oxygen atoms in total. The van der Waals surface area contributed by atoms with E-state index in [0.717, 1.165) is 12.8 Å². The molecular weight excluding hydrogens is 284 g/mol. The standard InChI is InChI=1S/C16H22N2O2S/c1-4-16(5-2,21-3)12-18-15(20)14-9-13(7-6-8-19)10-17-11-14/h9-11,19H,4-5,8,12H2,1-3H3,(H,18,20). The number of aliphatic hydroxyl groups excluding tert-OH is 1. The molecule has 1 amide bonds. The summed E-state index contributed by atoms with van der Waals surface area (Å²) >= 11 is 1.79. The summed E-state index contributed by atoms with van der Waals surface area (Å²) in [4.78, 5) is 16.2. The summed E-state index contributed by atoms with van der Waals surface area (Å²) in [5, 5.41) is 11.7. The van der Waals surface area contributed by atoms with Gasteiger partial charge in [0.05, 0.1) is 5.56 Å². The Bertz CT molecular complexity index is 522. The van der Waals surface area contributed by atoms with Gasteiger partial charge in [0.2, 0.25) is 0 Å². The summed E-state index contributed by atoms with van der Waals surface area (Å²) in [7, 11) is 0. The zero-order valence-corrected chi connectivity index (χ0v) is 13.6. The van der Waals surface area contributed by atoms with Crippen molar-refractivity contribution < 1.29 is 9.90 Å². The molecule has 2 N–H and O–H groups in total. The van der Waals surface area contributed by atoms with Crippen molar-refractivity contribution in [3.05, 3.63) is 29.6 Å². The highest BCUT2D eigenvalue weighted by Gasteiger charge is 2.25. The maximum Gasteiger partial charge on any atom is 0.252 e. The molecule has 0 spiro atoms. The van der Waals surface area contributed by atoms with Crippen LogP contribution in [0.5, 0.6) is 0 Å². The molecule has 1 heterocycles. The number of aliphatic hydroxyl groups is 1. The minimum Gasteiger partial charge on any atom is -0.384 e. The third-order valence-electron chi connectivity index (χ3n) is 3.61. The smallest absolute Gasteiger partial charge is 0.252 e. The zero-order chi connectivity index (χ0) is 15.7. The van der Waals surface area contributed by atoms with Crippen LogP contribution in [0.3, 0.4) is 0 Å². The van der Waals surface area contributed by atoms with Crippen LogP contribution in [0.2, 0.25) is 0 Å². The number of carbonyl (C=O) groups is 1. The van der Waals surface area contributed by atoms with Crippen LogP contribution in [-0.2, 0) is 0 Å². The van der Waals surface area contributed by atoms with E-state index in [-0.39, 0.29) is 17.3 Å². The first-order chi connectivity index (χ1) is 10.1. The van der Waals surface area contributed by atoms with Crippen molar-refractivity contribution in [2.24, 2.45) is 0 Å². The van der Waals surface area contributed by atoms with E-state index in [0.29, 0.717) is 17.7 Å². The number of hydrogen-bond donors (Lipinski definition) is 2. The number of thioether (sulfide) groups is 1. The van der Waals surface area contributed by atoms with Gasteiger partial charge < -0.3 is 10.4 Å². The first-order valence-corrected chi connectivity index (χ1v) is 8.21. The highest BCUT2D eigenvalue weighted by Crippen LogP contribution is 2.29. The van der Waals surface area contributed by atoms with E-state index in [9.17, 15) is 4.79 Å². The number of pyridine rings is 1. The molecule has 0 aromatic carbocycles. The molecule has 21 heavy (non-hydrogen) atoms. The van der Waals surface area contributed by atoms with Crippen LogP contribution in [0.25, 0.3) is 0 Å². The van der Waals surface area contributed by atoms with Crippen molar-refractivity contribution >= 4 is 17.7 Å². The Hall–Kier alpha value is -1.51. The molecule has 0 aliphatic heterocycles. The lowest BCUT2D eigenvalue weighted by molar-refractivity contribution is 0.0948. The normalized spacial score (nSPS) is 10.7. The lowest BCUT2D eigenvalue weighted by Gasteiger charge is -2.29. The molecule has 0 saturated heterocycles. The van der Waals surface area contributed by atoms with Gasteiger partial charge in [-0.2, -0.15) is 11.8 Å². The second-order valence-corrected chi connectivity index (χ2v) is 5.97. The maximum atomic E-state index is 12.2. The van der Waals surface area contributed by atoms with Gasteiger partial charge in [0, 0.05) is 29.2 Å². The fraction of sp³-hybridized carbons (Fsp3) is 0.500. The summed E-state index contributed by atoms with van der Waals surface area (Å²) in [6.45, 7) is 4.70. The molecule has 0 atom stereocenters. The monoisotopic (exact) mass is 306 g/mol. The molecule has 114 valence electrons. The van der Waals surface area contributed by atoms with Crippen LogP contribution in [0.15, 0.2) is 18.5 Å². The van der Waals surface area contributed by atoms with E-state index < -0.39 is 0 Å². The molecule has 1 rings (SSSR count). The van der Waals surface area contributed by atoms with E-state index in [1.165, 1.54) is 6.20 Å².